The van der Waals surface area contributed by atoms with Crippen LogP contribution >= 0.6 is 0 Å². The van der Waals surface area contributed by atoms with Crippen molar-refractivity contribution < 1.29 is 9.59 Å². The highest BCUT2D eigenvalue weighted by Crippen LogP contribution is 2.12. The fourth-order valence-electron chi connectivity index (χ4n) is 1.86. The number of ketones is 1. The van der Waals surface area contributed by atoms with Crippen molar-refractivity contribution in [2.75, 3.05) is 17.2 Å². The molecule has 1 heterocycles. The van der Waals surface area contributed by atoms with E-state index in [2.05, 4.69) is 34.4 Å². The van der Waals surface area contributed by atoms with E-state index in [9.17, 15) is 9.59 Å². The number of hydrogen-bond acceptors (Lipinski definition) is 5. The van der Waals surface area contributed by atoms with Crippen molar-refractivity contribution in [2.24, 2.45) is 5.92 Å². The Balaban J connectivity index is 2.03. The van der Waals surface area contributed by atoms with Gasteiger partial charge in [-0.1, -0.05) is 26.0 Å². The van der Waals surface area contributed by atoms with Gasteiger partial charge in [0.15, 0.2) is 5.78 Å². The summed E-state index contributed by atoms with van der Waals surface area (Å²) in [6.07, 6.45) is 2.95. The van der Waals surface area contributed by atoms with Crippen LogP contribution in [0.15, 0.2) is 36.7 Å². The molecule has 0 saturated heterocycles. The van der Waals surface area contributed by atoms with Crippen molar-refractivity contribution in [3.8, 4) is 0 Å². The SMILES string of the molecule is CC(=O)c1cccc(NC(=O)c2cnc(NCC(C)C)cn2)c1. The number of nitrogens with one attached hydrogen (secondary N) is 2. The molecule has 0 aliphatic rings. The second-order valence-corrected chi connectivity index (χ2v) is 5.65. The number of carbonyl (C=O) groups excluding carboxylic acids is 2. The molecular weight excluding hydrogens is 292 g/mol. The van der Waals surface area contributed by atoms with Crippen LogP contribution < -0.4 is 10.6 Å². The maximum atomic E-state index is 12.2. The first-order valence-electron chi connectivity index (χ1n) is 7.44. The van der Waals surface area contributed by atoms with Crippen LogP contribution in [-0.4, -0.2) is 28.2 Å². The number of hydrogen-bond donors (Lipinski definition) is 2. The molecule has 0 radical (unpaired) electrons. The van der Waals surface area contributed by atoms with Gasteiger partial charge in [-0.25, -0.2) is 9.97 Å². The molecule has 0 aliphatic carbocycles. The van der Waals surface area contributed by atoms with Crippen molar-refractivity contribution >= 4 is 23.2 Å². The smallest absolute Gasteiger partial charge is 0.275 e. The first kappa shape index (κ1) is 16.6. The Morgan fingerprint density at radius 2 is 1.96 bits per heavy atom. The average Bonchev–Trinajstić information content (AvgIpc) is 2.53. The molecular formula is C17H20N4O2. The summed E-state index contributed by atoms with van der Waals surface area (Å²) in [5.41, 5.74) is 1.31. The van der Waals surface area contributed by atoms with Crippen LogP contribution in [0.25, 0.3) is 0 Å². The van der Waals surface area contributed by atoms with Gasteiger partial charge in [-0.2, -0.15) is 0 Å². The van der Waals surface area contributed by atoms with Crippen molar-refractivity contribution in [3.63, 3.8) is 0 Å². The van der Waals surface area contributed by atoms with Gasteiger partial charge in [-0.3, -0.25) is 9.59 Å². The van der Waals surface area contributed by atoms with Gasteiger partial charge in [0.1, 0.15) is 11.5 Å². The van der Waals surface area contributed by atoms with Gasteiger partial charge in [0.25, 0.3) is 5.91 Å². The van der Waals surface area contributed by atoms with Gasteiger partial charge in [0.05, 0.1) is 12.4 Å². The van der Waals surface area contributed by atoms with Gasteiger partial charge in [0, 0.05) is 17.8 Å². The van der Waals surface area contributed by atoms with Crippen LogP contribution in [0, 0.1) is 5.92 Å². The first-order valence-corrected chi connectivity index (χ1v) is 7.44. The molecule has 0 saturated carbocycles. The standard InChI is InChI=1S/C17H20N4O2/c1-11(2)8-19-16-10-18-15(9-20-16)17(23)21-14-6-4-5-13(7-14)12(3)22/h4-7,9-11H,8H2,1-3H3,(H,19,20)(H,21,23). The Kier molecular flexibility index (Phi) is 5.41. The van der Waals surface area contributed by atoms with E-state index in [1.165, 1.54) is 19.3 Å². The maximum Gasteiger partial charge on any atom is 0.275 e. The predicted molar refractivity (Wildman–Crippen MR) is 89.8 cm³/mol. The van der Waals surface area contributed by atoms with Gasteiger partial charge in [0.2, 0.25) is 0 Å². The zero-order valence-corrected chi connectivity index (χ0v) is 13.5. The van der Waals surface area contributed by atoms with E-state index in [1.54, 1.807) is 24.3 Å². The summed E-state index contributed by atoms with van der Waals surface area (Å²) in [6.45, 7) is 6.46. The number of benzene rings is 1. The minimum atomic E-state index is -0.367. The largest absolute Gasteiger partial charge is 0.369 e. The Morgan fingerprint density at radius 1 is 1.17 bits per heavy atom. The third-order valence-electron chi connectivity index (χ3n) is 3.10. The molecule has 1 amide bonds. The van der Waals surface area contributed by atoms with Crippen molar-refractivity contribution in [3.05, 3.63) is 47.9 Å². The Labute approximate surface area is 135 Å². The number of anilines is 2. The minimum absolute atomic E-state index is 0.0542. The molecule has 0 bridgehead atoms. The maximum absolute atomic E-state index is 12.2. The number of carbonyl (C=O) groups is 2. The molecule has 2 aromatic rings. The summed E-state index contributed by atoms with van der Waals surface area (Å²) in [6, 6.07) is 6.77. The van der Waals surface area contributed by atoms with Crippen molar-refractivity contribution in [1.29, 1.82) is 0 Å². The Bertz CT molecular complexity index is 696. The van der Waals surface area contributed by atoms with Gasteiger partial charge < -0.3 is 10.6 Å². The van der Waals surface area contributed by atoms with Crippen LogP contribution in [0.1, 0.15) is 41.6 Å². The zero-order valence-electron chi connectivity index (χ0n) is 13.5. The second kappa shape index (κ2) is 7.49. The molecule has 0 aliphatic heterocycles. The summed E-state index contributed by atoms with van der Waals surface area (Å²) in [5.74, 6) is 0.706. The van der Waals surface area contributed by atoms with E-state index in [-0.39, 0.29) is 17.4 Å². The molecule has 1 aromatic heterocycles. The first-order chi connectivity index (χ1) is 11.0. The van der Waals surface area contributed by atoms with E-state index >= 15 is 0 Å². The fraction of sp³-hybridized carbons (Fsp3) is 0.294. The minimum Gasteiger partial charge on any atom is -0.369 e. The molecule has 0 fully saturated rings. The van der Waals surface area contributed by atoms with Gasteiger partial charge in [-0.05, 0) is 25.0 Å². The number of amides is 1. The van der Waals surface area contributed by atoms with E-state index in [0.29, 0.717) is 23.0 Å². The number of Topliss-reactive ketones (excluding diaryl/α,β-unsaturated/α-hetero) is 1. The second-order valence-electron chi connectivity index (χ2n) is 5.65. The van der Waals surface area contributed by atoms with Crippen molar-refractivity contribution in [2.45, 2.75) is 20.8 Å². The van der Waals surface area contributed by atoms with E-state index < -0.39 is 0 Å². The lowest BCUT2D eigenvalue weighted by molar-refractivity contribution is 0.100. The highest BCUT2D eigenvalue weighted by atomic mass is 16.2. The van der Waals surface area contributed by atoms with Gasteiger partial charge >= 0.3 is 0 Å². The summed E-state index contributed by atoms with van der Waals surface area (Å²) in [5, 5.41) is 5.85. The van der Waals surface area contributed by atoms with Crippen LogP contribution in [0.5, 0.6) is 0 Å². The molecule has 120 valence electrons. The molecule has 0 unspecified atom stereocenters. The molecule has 1 aromatic carbocycles. The molecule has 2 rings (SSSR count). The fourth-order valence-corrected chi connectivity index (χ4v) is 1.86. The molecule has 6 nitrogen and oxygen atoms in total. The van der Waals surface area contributed by atoms with Crippen LogP contribution in [0.3, 0.4) is 0 Å². The van der Waals surface area contributed by atoms with Crippen molar-refractivity contribution in [1.82, 2.24) is 9.97 Å². The molecule has 0 atom stereocenters. The quantitative estimate of drug-likeness (QED) is 0.801. The lowest BCUT2D eigenvalue weighted by atomic mass is 10.1. The third-order valence-corrected chi connectivity index (χ3v) is 3.10. The summed E-state index contributed by atoms with van der Waals surface area (Å²) < 4.78 is 0. The van der Waals surface area contributed by atoms with E-state index in [1.807, 2.05) is 0 Å². The molecule has 23 heavy (non-hydrogen) atoms. The normalized spacial score (nSPS) is 10.4. The predicted octanol–water partition coefficient (Wildman–Crippen LogP) is 3.00. The summed E-state index contributed by atoms with van der Waals surface area (Å²) in [4.78, 5) is 31.8. The lowest BCUT2D eigenvalue weighted by Gasteiger charge is -2.08. The number of rotatable bonds is 6. The topological polar surface area (TPSA) is 84.0 Å². The van der Waals surface area contributed by atoms with Crippen LogP contribution in [0.4, 0.5) is 11.5 Å². The van der Waals surface area contributed by atoms with Crippen LogP contribution in [-0.2, 0) is 0 Å². The van der Waals surface area contributed by atoms with E-state index in [4.69, 9.17) is 0 Å². The molecule has 0 spiro atoms. The summed E-state index contributed by atoms with van der Waals surface area (Å²) in [7, 11) is 0. The van der Waals surface area contributed by atoms with Gasteiger partial charge in [-0.15, -0.1) is 0 Å². The van der Waals surface area contributed by atoms with Crippen LogP contribution in [0.2, 0.25) is 0 Å². The van der Waals surface area contributed by atoms with E-state index in [0.717, 1.165) is 6.54 Å². The number of nitrogens with zero attached hydrogens (tertiary/aromatic N) is 2. The Hall–Kier alpha value is -2.76. The zero-order chi connectivity index (χ0) is 16.8. The lowest BCUT2D eigenvalue weighted by Crippen LogP contribution is -2.15. The monoisotopic (exact) mass is 312 g/mol. The molecule has 6 heteroatoms. The molecule has 2 N–H and O–H groups in total. The highest BCUT2D eigenvalue weighted by molar-refractivity contribution is 6.03. The summed E-state index contributed by atoms with van der Waals surface area (Å²) >= 11 is 0. The highest BCUT2D eigenvalue weighted by Gasteiger charge is 2.09. The third kappa shape index (κ3) is 4.88. The number of aromatic nitrogens is 2. The Morgan fingerprint density at radius 3 is 2.57 bits per heavy atom. The average molecular weight is 312 g/mol.